The van der Waals surface area contributed by atoms with Gasteiger partial charge < -0.3 is 9.73 Å². The van der Waals surface area contributed by atoms with Crippen LogP contribution < -0.4 is 5.32 Å². The van der Waals surface area contributed by atoms with Crippen molar-refractivity contribution in [3.05, 3.63) is 36.7 Å². The van der Waals surface area contributed by atoms with Gasteiger partial charge in [-0.3, -0.25) is 0 Å². The summed E-state index contributed by atoms with van der Waals surface area (Å²) in [4.78, 5) is 4.09. The van der Waals surface area contributed by atoms with Gasteiger partial charge in [0.2, 0.25) is 0 Å². The summed E-state index contributed by atoms with van der Waals surface area (Å²) in [6.07, 6.45) is 1.44. The van der Waals surface area contributed by atoms with Gasteiger partial charge >= 0.3 is 0 Å². The Hall–Kier alpha value is -2.43. The average Bonchev–Trinajstić information content (AvgIpc) is 2.86. The lowest BCUT2D eigenvalue weighted by Crippen LogP contribution is -2.11. The van der Waals surface area contributed by atoms with Crippen LogP contribution in [0.25, 0.3) is 22.4 Å². The molecule has 3 aromatic rings. The van der Waals surface area contributed by atoms with E-state index in [1.54, 1.807) is 0 Å². The maximum Gasteiger partial charge on any atom is 0.181 e. The highest BCUT2D eigenvalue weighted by Gasteiger charge is 2.05. The van der Waals surface area contributed by atoms with Gasteiger partial charge in [0.1, 0.15) is 11.3 Å². The molecule has 0 unspecified atom stereocenters. The summed E-state index contributed by atoms with van der Waals surface area (Å²) in [6.45, 7) is 4.13. The molecule has 5 heteroatoms. The molecule has 0 radical (unpaired) electrons. The third kappa shape index (κ3) is 2.40. The fourth-order valence-corrected chi connectivity index (χ4v) is 1.87. The molecular weight excluding hydrogens is 240 g/mol. The van der Waals surface area contributed by atoms with Gasteiger partial charge in [-0.1, -0.05) is 6.07 Å². The fraction of sp³-hybridized carbons (Fsp3) is 0.214. The summed E-state index contributed by atoms with van der Waals surface area (Å²) in [5.74, 6) is 0.777. The van der Waals surface area contributed by atoms with Crippen LogP contribution >= 0.6 is 0 Å². The van der Waals surface area contributed by atoms with E-state index in [9.17, 15) is 0 Å². The number of oxazole rings is 1. The van der Waals surface area contributed by atoms with E-state index in [1.165, 1.54) is 6.39 Å². The molecule has 0 aliphatic carbocycles. The zero-order valence-corrected chi connectivity index (χ0v) is 10.8. The molecule has 2 heterocycles. The quantitative estimate of drug-likeness (QED) is 0.778. The van der Waals surface area contributed by atoms with E-state index in [1.807, 2.05) is 30.3 Å². The van der Waals surface area contributed by atoms with E-state index < -0.39 is 0 Å². The van der Waals surface area contributed by atoms with Crippen molar-refractivity contribution < 1.29 is 4.42 Å². The Morgan fingerprint density at radius 2 is 2.00 bits per heavy atom. The molecule has 0 fully saturated rings. The standard InChI is InChI=1S/C14H14N4O/c1-9(2)16-14-6-5-11(17-18-14)10-3-4-12-13(7-10)19-8-15-12/h3-9H,1-2H3,(H,16,18). The van der Waals surface area contributed by atoms with Crippen LogP contribution in [0.3, 0.4) is 0 Å². The Morgan fingerprint density at radius 1 is 1.11 bits per heavy atom. The summed E-state index contributed by atoms with van der Waals surface area (Å²) < 4.78 is 5.28. The first kappa shape index (κ1) is 11.6. The molecule has 0 amide bonds. The summed E-state index contributed by atoms with van der Waals surface area (Å²) in [6, 6.07) is 10.00. The van der Waals surface area contributed by atoms with Crippen LogP contribution in [0.15, 0.2) is 41.1 Å². The van der Waals surface area contributed by atoms with Gasteiger partial charge in [-0.2, -0.15) is 0 Å². The molecule has 1 N–H and O–H groups in total. The number of nitrogens with one attached hydrogen (secondary N) is 1. The molecule has 0 saturated carbocycles. The molecule has 0 atom stereocenters. The summed E-state index contributed by atoms with van der Waals surface area (Å²) in [5.41, 5.74) is 3.37. The zero-order chi connectivity index (χ0) is 13.2. The monoisotopic (exact) mass is 254 g/mol. The van der Waals surface area contributed by atoms with Gasteiger partial charge in [0.15, 0.2) is 12.0 Å². The van der Waals surface area contributed by atoms with Crippen molar-refractivity contribution in [2.24, 2.45) is 0 Å². The Bertz CT molecular complexity index is 688. The topological polar surface area (TPSA) is 63.8 Å². The van der Waals surface area contributed by atoms with Crippen LogP contribution in [0, 0.1) is 0 Å². The van der Waals surface area contributed by atoms with Crippen LogP contribution in [0.1, 0.15) is 13.8 Å². The molecule has 96 valence electrons. The molecule has 1 aromatic carbocycles. The Balaban J connectivity index is 1.92. The third-order valence-electron chi connectivity index (χ3n) is 2.73. The van der Waals surface area contributed by atoms with Crippen molar-refractivity contribution in [3.63, 3.8) is 0 Å². The van der Waals surface area contributed by atoms with Crippen molar-refractivity contribution >= 4 is 16.9 Å². The molecule has 19 heavy (non-hydrogen) atoms. The van der Waals surface area contributed by atoms with Gasteiger partial charge in [0, 0.05) is 11.6 Å². The van der Waals surface area contributed by atoms with Crippen molar-refractivity contribution in [2.45, 2.75) is 19.9 Å². The lowest BCUT2D eigenvalue weighted by atomic mass is 10.1. The highest BCUT2D eigenvalue weighted by molar-refractivity contribution is 5.78. The van der Waals surface area contributed by atoms with Gasteiger partial charge in [-0.05, 0) is 38.1 Å². The van der Waals surface area contributed by atoms with Crippen molar-refractivity contribution in [1.29, 1.82) is 0 Å². The lowest BCUT2D eigenvalue weighted by Gasteiger charge is -2.08. The number of fused-ring (bicyclic) bond motifs is 1. The lowest BCUT2D eigenvalue weighted by molar-refractivity contribution is 0.602. The van der Waals surface area contributed by atoms with Gasteiger partial charge in [0.25, 0.3) is 0 Å². The zero-order valence-electron chi connectivity index (χ0n) is 10.8. The molecule has 0 aliphatic heterocycles. The van der Waals surface area contributed by atoms with E-state index >= 15 is 0 Å². The number of anilines is 1. The van der Waals surface area contributed by atoms with Crippen molar-refractivity contribution in [3.8, 4) is 11.3 Å². The molecule has 5 nitrogen and oxygen atoms in total. The number of rotatable bonds is 3. The van der Waals surface area contributed by atoms with Crippen LogP contribution in [-0.4, -0.2) is 21.2 Å². The van der Waals surface area contributed by atoms with Crippen molar-refractivity contribution in [2.75, 3.05) is 5.32 Å². The minimum absolute atomic E-state index is 0.339. The first-order valence-corrected chi connectivity index (χ1v) is 6.16. The third-order valence-corrected chi connectivity index (χ3v) is 2.73. The molecule has 3 rings (SSSR count). The minimum atomic E-state index is 0.339. The Labute approximate surface area is 110 Å². The second-order valence-corrected chi connectivity index (χ2v) is 4.64. The predicted molar refractivity (Wildman–Crippen MR) is 73.8 cm³/mol. The number of hydrogen-bond donors (Lipinski definition) is 1. The van der Waals surface area contributed by atoms with E-state index in [4.69, 9.17) is 4.42 Å². The number of aromatic nitrogens is 3. The molecule has 0 spiro atoms. The molecule has 0 aliphatic rings. The molecular formula is C14H14N4O. The first-order valence-electron chi connectivity index (χ1n) is 6.16. The second kappa shape index (κ2) is 4.68. The van der Waals surface area contributed by atoms with E-state index in [0.29, 0.717) is 6.04 Å². The predicted octanol–water partition coefficient (Wildman–Crippen LogP) is 3.11. The van der Waals surface area contributed by atoms with E-state index in [-0.39, 0.29) is 0 Å². The SMILES string of the molecule is CC(C)Nc1ccc(-c2ccc3ncoc3c2)nn1. The van der Waals surface area contributed by atoms with Gasteiger partial charge in [0.05, 0.1) is 5.69 Å². The van der Waals surface area contributed by atoms with Gasteiger partial charge in [-0.25, -0.2) is 4.98 Å². The maximum absolute atomic E-state index is 5.28. The summed E-state index contributed by atoms with van der Waals surface area (Å²) in [7, 11) is 0. The van der Waals surface area contributed by atoms with Crippen LogP contribution in [0.4, 0.5) is 5.82 Å². The fourth-order valence-electron chi connectivity index (χ4n) is 1.87. The number of hydrogen-bond acceptors (Lipinski definition) is 5. The van der Waals surface area contributed by atoms with E-state index in [0.717, 1.165) is 28.2 Å². The Morgan fingerprint density at radius 3 is 2.74 bits per heavy atom. The normalized spacial score (nSPS) is 11.1. The van der Waals surface area contributed by atoms with Crippen LogP contribution in [0.5, 0.6) is 0 Å². The van der Waals surface area contributed by atoms with Crippen LogP contribution in [-0.2, 0) is 0 Å². The second-order valence-electron chi connectivity index (χ2n) is 4.64. The van der Waals surface area contributed by atoms with E-state index in [2.05, 4.69) is 34.3 Å². The Kier molecular flexibility index (Phi) is 2.87. The number of benzene rings is 1. The largest absolute Gasteiger partial charge is 0.443 e. The molecule has 2 aromatic heterocycles. The smallest absolute Gasteiger partial charge is 0.181 e. The highest BCUT2D eigenvalue weighted by atomic mass is 16.3. The minimum Gasteiger partial charge on any atom is -0.443 e. The van der Waals surface area contributed by atoms with Gasteiger partial charge in [-0.15, -0.1) is 10.2 Å². The summed E-state index contributed by atoms with van der Waals surface area (Å²) >= 11 is 0. The molecule has 0 bridgehead atoms. The average molecular weight is 254 g/mol. The number of nitrogens with zero attached hydrogens (tertiary/aromatic N) is 3. The van der Waals surface area contributed by atoms with Crippen LogP contribution in [0.2, 0.25) is 0 Å². The highest BCUT2D eigenvalue weighted by Crippen LogP contribution is 2.22. The maximum atomic E-state index is 5.28. The summed E-state index contributed by atoms with van der Waals surface area (Å²) in [5, 5.41) is 11.6. The van der Waals surface area contributed by atoms with Crippen molar-refractivity contribution in [1.82, 2.24) is 15.2 Å². The first-order chi connectivity index (χ1) is 9.22. The molecule has 0 saturated heterocycles.